The van der Waals surface area contributed by atoms with Crippen LogP contribution in [0.4, 0.5) is 5.69 Å². The number of hydrogen-bond acceptors (Lipinski definition) is 12. The van der Waals surface area contributed by atoms with E-state index >= 15 is 0 Å². The van der Waals surface area contributed by atoms with Crippen LogP contribution in [0.5, 0.6) is 0 Å². The average molecular weight is 663 g/mol. The van der Waals surface area contributed by atoms with Crippen LogP contribution in [0.3, 0.4) is 0 Å². The van der Waals surface area contributed by atoms with Crippen LogP contribution in [-0.4, -0.2) is 87.3 Å². The van der Waals surface area contributed by atoms with E-state index in [4.69, 9.17) is 37.9 Å². The Bertz CT molecular complexity index is 1530. The quantitative estimate of drug-likeness (QED) is 0.213. The summed E-state index contributed by atoms with van der Waals surface area (Å²) < 4.78 is 78.3. The molecular weight excluding hydrogens is 624 g/mol. The van der Waals surface area contributed by atoms with Gasteiger partial charge in [0, 0.05) is 6.07 Å². The molecule has 250 valence electrons. The molecule has 4 aliphatic rings. The highest BCUT2D eigenvalue weighted by molar-refractivity contribution is 7.89. The molecule has 46 heavy (non-hydrogen) atoms. The van der Waals surface area contributed by atoms with Gasteiger partial charge in [-0.25, -0.2) is 13.1 Å². The first kappa shape index (κ1) is 33.1. The van der Waals surface area contributed by atoms with Crippen LogP contribution >= 0.6 is 0 Å². The van der Waals surface area contributed by atoms with Crippen molar-refractivity contribution in [3.8, 4) is 0 Å². The smallest absolute Gasteiger partial charge is 0.289 e. The van der Waals surface area contributed by atoms with E-state index in [-0.39, 0.29) is 19.8 Å². The van der Waals surface area contributed by atoms with Gasteiger partial charge < -0.3 is 37.9 Å². The van der Waals surface area contributed by atoms with E-state index in [9.17, 15) is 18.5 Å². The molecule has 0 unspecified atom stereocenters. The zero-order valence-corrected chi connectivity index (χ0v) is 26.7. The van der Waals surface area contributed by atoms with Crippen molar-refractivity contribution in [1.82, 2.24) is 4.72 Å². The summed E-state index contributed by atoms with van der Waals surface area (Å²) in [5.41, 5.74) is 0.372. The minimum atomic E-state index is -4.35. The Morgan fingerprint density at radius 2 is 1.67 bits per heavy atom. The number of nitrogens with one attached hydrogen (secondary N) is 1. The summed E-state index contributed by atoms with van der Waals surface area (Å²) in [7, 11) is -4.35. The van der Waals surface area contributed by atoms with E-state index < -0.39 is 86.2 Å². The van der Waals surface area contributed by atoms with Gasteiger partial charge in [-0.3, -0.25) is 10.1 Å². The Morgan fingerprint density at radius 3 is 2.39 bits per heavy atom. The molecule has 2 aromatic carbocycles. The third-order valence-electron chi connectivity index (χ3n) is 7.94. The van der Waals surface area contributed by atoms with Gasteiger partial charge in [-0.1, -0.05) is 48.5 Å². The van der Waals surface area contributed by atoms with E-state index in [0.29, 0.717) is 0 Å². The second-order valence-electron chi connectivity index (χ2n) is 12.3. The molecule has 0 saturated carbocycles. The molecule has 2 aromatic rings. The molecule has 4 heterocycles. The number of nitrogens with zero attached hydrogens (tertiary/aromatic N) is 1. The van der Waals surface area contributed by atoms with E-state index in [1.165, 1.54) is 18.2 Å². The molecule has 0 aliphatic carbocycles. The second kappa shape index (κ2) is 13.0. The molecule has 0 bridgehead atoms. The van der Waals surface area contributed by atoms with Gasteiger partial charge >= 0.3 is 0 Å². The van der Waals surface area contributed by atoms with Gasteiger partial charge in [0.05, 0.1) is 30.8 Å². The number of para-hydroxylation sites is 1. The molecule has 8 atom stereocenters. The molecule has 3 saturated heterocycles. The standard InChI is InChI=1S/C31H38N2O12S/c1-30(2)39-18-23(43-30)26-27(28-29(42-26)45-31(3,4)44-28)41-25-15-14-20(22(40-25)17-38-16-19-10-6-5-7-11-19)32-46(36,37)24-13-9-8-12-21(24)33(34)35/h5-15,20,22-23,25-29,32H,16-18H2,1-4H3/t20-,22-,23-,25+,26-,27+,28-,29-/m1/s1. The van der Waals surface area contributed by atoms with Crippen molar-refractivity contribution in [3.63, 3.8) is 0 Å². The van der Waals surface area contributed by atoms with Gasteiger partial charge in [-0.2, -0.15) is 0 Å². The number of sulfonamides is 1. The van der Waals surface area contributed by atoms with E-state index in [2.05, 4.69) is 4.72 Å². The highest BCUT2D eigenvalue weighted by atomic mass is 32.2. The summed E-state index contributed by atoms with van der Waals surface area (Å²) in [4.78, 5) is 10.4. The zero-order valence-electron chi connectivity index (χ0n) is 25.8. The van der Waals surface area contributed by atoms with E-state index in [1.807, 2.05) is 44.2 Å². The monoisotopic (exact) mass is 662 g/mol. The highest BCUT2D eigenvalue weighted by Gasteiger charge is 2.59. The van der Waals surface area contributed by atoms with Crippen LogP contribution in [0.15, 0.2) is 71.6 Å². The zero-order chi connectivity index (χ0) is 32.7. The van der Waals surface area contributed by atoms with Crippen LogP contribution in [0, 0.1) is 10.1 Å². The van der Waals surface area contributed by atoms with Gasteiger partial charge in [0.15, 0.2) is 29.0 Å². The van der Waals surface area contributed by atoms with E-state index in [1.54, 1.807) is 26.0 Å². The molecule has 3 fully saturated rings. The van der Waals surface area contributed by atoms with Crippen LogP contribution < -0.4 is 4.72 Å². The SMILES string of the molecule is CC1(C)O[C@H]2O[C@H]([C@H]3COC(C)(C)O3)[C@H](O[C@H]3C=C[C@@H](NS(=O)(=O)c4ccccc4[N+](=O)[O-])[C@@H](COCc4ccccc4)O3)[C@H]2O1. The third kappa shape index (κ3) is 7.33. The molecule has 4 aliphatic heterocycles. The Balaban J connectivity index is 1.22. The predicted molar refractivity (Wildman–Crippen MR) is 160 cm³/mol. The minimum absolute atomic E-state index is 0.0276. The molecule has 0 aromatic heterocycles. The normalized spacial score (nSPS) is 33.2. The summed E-state index contributed by atoms with van der Waals surface area (Å²) in [6.07, 6.45) is -1.79. The molecule has 0 amide bonds. The summed E-state index contributed by atoms with van der Waals surface area (Å²) in [6, 6.07) is 13.7. The fraction of sp³-hybridized carbons (Fsp3) is 0.548. The third-order valence-corrected chi connectivity index (χ3v) is 9.44. The highest BCUT2D eigenvalue weighted by Crippen LogP contribution is 2.42. The number of hydrogen-bond donors (Lipinski definition) is 1. The van der Waals surface area contributed by atoms with Gasteiger partial charge in [-0.15, -0.1) is 0 Å². The lowest BCUT2D eigenvalue weighted by Crippen LogP contribution is -2.51. The van der Waals surface area contributed by atoms with Crippen molar-refractivity contribution in [2.24, 2.45) is 0 Å². The van der Waals surface area contributed by atoms with Crippen molar-refractivity contribution < 1.29 is 51.2 Å². The van der Waals surface area contributed by atoms with Crippen molar-refractivity contribution in [2.45, 2.75) is 99.9 Å². The summed E-state index contributed by atoms with van der Waals surface area (Å²) in [5, 5.41) is 11.6. The number of benzene rings is 2. The van der Waals surface area contributed by atoms with Gasteiger partial charge in [0.1, 0.15) is 30.5 Å². The average Bonchev–Trinajstić information content (AvgIpc) is 3.63. The lowest BCUT2D eigenvalue weighted by Gasteiger charge is -2.35. The second-order valence-corrected chi connectivity index (χ2v) is 14.0. The molecular formula is C31H38N2O12S. The molecule has 14 nitrogen and oxygen atoms in total. The van der Waals surface area contributed by atoms with Crippen molar-refractivity contribution in [3.05, 3.63) is 82.4 Å². The fourth-order valence-electron chi connectivity index (χ4n) is 5.91. The maximum atomic E-state index is 13.4. The number of fused-ring (bicyclic) bond motifs is 1. The molecule has 0 spiro atoms. The number of nitro benzene ring substituents is 1. The fourth-order valence-corrected chi connectivity index (χ4v) is 7.30. The molecule has 6 rings (SSSR count). The summed E-state index contributed by atoms with van der Waals surface area (Å²) in [6.45, 7) is 7.68. The van der Waals surface area contributed by atoms with Crippen molar-refractivity contribution in [1.29, 1.82) is 0 Å². The number of nitro groups is 1. The molecule has 15 heteroatoms. The van der Waals surface area contributed by atoms with Crippen LogP contribution in [-0.2, 0) is 54.5 Å². The lowest BCUT2D eigenvalue weighted by atomic mass is 10.1. The maximum Gasteiger partial charge on any atom is 0.289 e. The Morgan fingerprint density at radius 1 is 0.935 bits per heavy atom. The largest absolute Gasteiger partial charge is 0.374 e. The van der Waals surface area contributed by atoms with Gasteiger partial charge in [0.2, 0.25) is 10.0 Å². The lowest BCUT2D eigenvalue weighted by molar-refractivity contribution is -0.387. The Kier molecular flexibility index (Phi) is 9.35. The van der Waals surface area contributed by atoms with Crippen molar-refractivity contribution >= 4 is 15.7 Å². The van der Waals surface area contributed by atoms with Gasteiger partial charge in [-0.05, 0) is 45.4 Å². The first-order valence-corrected chi connectivity index (χ1v) is 16.5. The van der Waals surface area contributed by atoms with Crippen LogP contribution in [0.1, 0.15) is 33.3 Å². The van der Waals surface area contributed by atoms with Crippen molar-refractivity contribution in [2.75, 3.05) is 13.2 Å². The first-order valence-electron chi connectivity index (χ1n) is 15.0. The topological polar surface area (TPSA) is 163 Å². The minimum Gasteiger partial charge on any atom is -0.374 e. The Hall–Kier alpha value is -2.83. The van der Waals surface area contributed by atoms with E-state index in [0.717, 1.165) is 11.6 Å². The molecule has 0 radical (unpaired) electrons. The summed E-state index contributed by atoms with van der Waals surface area (Å²) in [5.74, 6) is -1.72. The maximum absolute atomic E-state index is 13.4. The summed E-state index contributed by atoms with van der Waals surface area (Å²) >= 11 is 0. The first-order chi connectivity index (χ1) is 21.8. The Labute approximate surface area is 267 Å². The number of rotatable bonds is 11. The predicted octanol–water partition coefficient (Wildman–Crippen LogP) is 3.15. The van der Waals surface area contributed by atoms with Crippen LogP contribution in [0.25, 0.3) is 0 Å². The van der Waals surface area contributed by atoms with Crippen LogP contribution in [0.2, 0.25) is 0 Å². The number of ether oxygens (including phenoxy) is 8. The molecule has 1 N–H and O–H groups in total. The van der Waals surface area contributed by atoms with Gasteiger partial charge in [0.25, 0.3) is 5.69 Å².